The van der Waals surface area contributed by atoms with Gasteiger partial charge in [-0.15, -0.1) is 11.3 Å². The molecule has 1 aromatic carbocycles. The lowest BCUT2D eigenvalue weighted by molar-refractivity contribution is 0.485. The number of benzene rings is 1. The van der Waals surface area contributed by atoms with Gasteiger partial charge in [-0.05, 0) is 35.6 Å². The first-order valence-corrected chi connectivity index (χ1v) is 5.62. The first kappa shape index (κ1) is 9.28. The van der Waals surface area contributed by atoms with Crippen LogP contribution in [-0.4, -0.2) is 0 Å². The third-order valence-corrected chi connectivity index (χ3v) is 2.72. The van der Waals surface area contributed by atoms with Gasteiger partial charge in [0.1, 0.15) is 11.5 Å². The Bertz CT molecular complexity index is 375. The smallest absolute Gasteiger partial charge is 0.138 e. The van der Waals surface area contributed by atoms with Crippen LogP contribution in [-0.2, 0) is 6.42 Å². The van der Waals surface area contributed by atoms with E-state index in [9.17, 15) is 0 Å². The van der Waals surface area contributed by atoms with Crippen molar-refractivity contribution in [3.05, 3.63) is 46.7 Å². The van der Waals surface area contributed by atoms with Crippen molar-refractivity contribution in [1.29, 1.82) is 0 Å². The van der Waals surface area contributed by atoms with Gasteiger partial charge in [0, 0.05) is 5.38 Å². The molecule has 0 unspecified atom stereocenters. The quantitative estimate of drug-likeness (QED) is 0.731. The van der Waals surface area contributed by atoms with E-state index in [4.69, 9.17) is 4.74 Å². The van der Waals surface area contributed by atoms with Gasteiger partial charge in [0.25, 0.3) is 0 Å². The molecule has 0 spiro atoms. The predicted octanol–water partition coefficient (Wildman–Crippen LogP) is 4.10. The predicted molar refractivity (Wildman–Crippen MR) is 60.2 cm³/mol. The summed E-state index contributed by atoms with van der Waals surface area (Å²) in [5, 5.41) is 4.00. The molecule has 0 bridgehead atoms. The Kier molecular flexibility index (Phi) is 2.84. The Morgan fingerprint density at radius 2 is 1.86 bits per heavy atom. The fourth-order valence-corrected chi connectivity index (χ4v) is 1.79. The fraction of sp³-hybridized carbons (Fsp3) is 0.167. The second-order valence-electron chi connectivity index (χ2n) is 3.06. The highest BCUT2D eigenvalue weighted by Crippen LogP contribution is 2.23. The molecule has 0 aliphatic heterocycles. The first-order chi connectivity index (χ1) is 6.88. The maximum Gasteiger partial charge on any atom is 0.138 e. The highest BCUT2D eigenvalue weighted by atomic mass is 32.1. The van der Waals surface area contributed by atoms with E-state index in [0.717, 1.165) is 17.9 Å². The fourth-order valence-electron chi connectivity index (χ4n) is 1.24. The maximum absolute atomic E-state index is 5.63. The Morgan fingerprint density at radius 1 is 1.07 bits per heavy atom. The lowest BCUT2D eigenvalue weighted by Crippen LogP contribution is -1.83. The van der Waals surface area contributed by atoms with Crippen LogP contribution in [0.15, 0.2) is 41.1 Å². The summed E-state index contributed by atoms with van der Waals surface area (Å²) in [4.78, 5) is 0. The van der Waals surface area contributed by atoms with E-state index in [1.165, 1.54) is 5.56 Å². The number of hydrogen-bond acceptors (Lipinski definition) is 2. The van der Waals surface area contributed by atoms with Crippen molar-refractivity contribution in [3.8, 4) is 11.5 Å². The monoisotopic (exact) mass is 204 g/mol. The first-order valence-electron chi connectivity index (χ1n) is 4.67. The molecule has 2 heteroatoms. The molecule has 0 saturated heterocycles. The number of thiophene rings is 1. The Hall–Kier alpha value is -1.28. The minimum atomic E-state index is 0.903. The Morgan fingerprint density at radius 3 is 2.43 bits per heavy atom. The highest BCUT2D eigenvalue weighted by molar-refractivity contribution is 7.08. The molecule has 2 rings (SSSR count). The van der Waals surface area contributed by atoms with Gasteiger partial charge in [0.2, 0.25) is 0 Å². The van der Waals surface area contributed by atoms with E-state index in [1.54, 1.807) is 11.3 Å². The van der Waals surface area contributed by atoms with Crippen molar-refractivity contribution < 1.29 is 4.74 Å². The molecule has 0 N–H and O–H groups in total. The van der Waals surface area contributed by atoms with E-state index in [0.29, 0.717) is 0 Å². The molecule has 0 aliphatic carbocycles. The third kappa shape index (κ3) is 2.15. The summed E-state index contributed by atoms with van der Waals surface area (Å²) in [5.41, 5.74) is 1.34. The van der Waals surface area contributed by atoms with Crippen LogP contribution < -0.4 is 4.74 Å². The van der Waals surface area contributed by atoms with Crippen molar-refractivity contribution in [2.45, 2.75) is 13.3 Å². The van der Waals surface area contributed by atoms with Crippen molar-refractivity contribution >= 4 is 11.3 Å². The number of hydrogen-bond donors (Lipinski definition) is 0. The molecule has 1 heterocycles. The van der Waals surface area contributed by atoms with Crippen LogP contribution >= 0.6 is 11.3 Å². The van der Waals surface area contributed by atoms with E-state index < -0.39 is 0 Å². The highest BCUT2D eigenvalue weighted by Gasteiger charge is 1.96. The molecular formula is C12H12OS. The lowest BCUT2D eigenvalue weighted by Gasteiger charge is -2.03. The molecule has 14 heavy (non-hydrogen) atoms. The van der Waals surface area contributed by atoms with Crippen LogP contribution in [0.25, 0.3) is 0 Å². The molecule has 2 aromatic rings. The van der Waals surface area contributed by atoms with Gasteiger partial charge in [0.15, 0.2) is 0 Å². The molecule has 0 aliphatic rings. The van der Waals surface area contributed by atoms with E-state index in [-0.39, 0.29) is 0 Å². The van der Waals surface area contributed by atoms with Crippen molar-refractivity contribution in [3.63, 3.8) is 0 Å². The molecule has 0 amide bonds. The van der Waals surface area contributed by atoms with Gasteiger partial charge in [-0.3, -0.25) is 0 Å². The Labute approximate surface area is 88.0 Å². The van der Waals surface area contributed by atoms with Crippen LogP contribution in [0.4, 0.5) is 0 Å². The standard InChI is InChI=1S/C12H12OS/c1-2-10-3-5-11(6-4-10)13-12-7-8-14-9-12/h3-9H,2H2,1H3. The second kappa shape index (κ2) is 4.29. The molecular weight excluding hydrogens is 192 g/mol. The van der Waals surface area contributed by atoms with Gasteiger partial charge in [0.05, 0.1) is 0 Å². The number of rotatable bonds is 3. The third-order valence-electron chi connectivity index (χ3n) is 2.06. The van der Waals surface area contributed by atoms with Crippen LogP contribution in [0.1, 0.15) is 12.5 Å². The van der Waals surface area contributed by atoms with Crippen molar-refractivity contribution in [2.24, 2.45) is 0 Å². The summed E-state index contributed by atoms with van der Waals surface area (Å²) in [5.74, 6) is 1.82. The summed E-state index contributed by atoms with van der Waals surface area (Å²) in [6.07, 6.45) is 1.07. The zero-order valence-electron chi connectivity index (χ0n) is 8.07. The average molecular weight is 204 g/mol. The topological polar surface area (TPSA) is 9.23 Å². The van der Waals surface area contributed by atoms with Gasteiger partial charge >= 0.3 is 0 Å². The van der Waals surface area contributed by atoms with Gasteiger partial charge in [-0.25, -0.2) is 0 Å². The summed E-state index contributed by atoms with van der Waals surface area (Å²) in [7, 11) is 0. The van der Waals surface area contributed by atoms with Gasteiger partial charge in [-0.2, -0.15) is 0 Å². The molecule has 1 aromatic heterocycles. The summed E-state index contributed by atoms with van der Waals surface area (Å²) < 4.78 is 5.63. The largest absolute Gasteiger partial charge is 0.457 e. The zero-order valence-corrected chi connectivity index (χ0v) is 8.88. The van der Waals surface area contributed by atoms with Crippen molar-refractivity contribution in [1.82, 2.24) is 0 Å². The molecule has 1 nitrogen and oxygen atoms in total. The molecule has 0 radical (unpaired) electrons. The van der Waals surface area contributed by atoms with E-state index in [2.05, 4.69) is 19.1 Å². The van der Waals surface area contributed by atoms with E-state index in [1.807, 2.05) is 29.0 Å². The lowest BCUT2D eigenvalue weighted by atomic mass is 10.2. The molecule has 0 saturated carbocycles. The summed E-state index contributed by atoms with van der Waals surface area (Å²) in [6, 6.07) is 10.2. The minimum absolute atomic E-state index is 0.903. The van der Waals surface area contributed by atoms with Crippen LogP contribution in [0.2, 0.25) is 0 Å². The maximum atomic E-state index is 5.63. The van der Waals surface area contributed by atoms with E-state index >= 15 is 0 Å². The summed E-state index contributed by atoms with van der Waals surface area (Å²) in [6.45, 7) is 2.15. The van der Waals surface area contributed by atoms with Crippen LogP contribution in [0.5, 0.6) is 11.5 Å². The molecule has 0 fully saturated rings. The SMILES string of the molecule is CCc1ccc(Oc2ccsc2)cc1. The number of ether oxygens (including phenoxy) is 1. The average Bonchev–Trinajstić information content (AvgIpc) is 2.72. The van der Waals surface area contributed by atoms with Crippen LogP contribution in [0, 0.1) is 0 Å². The Balaban J connectivity index is 2.10. The minimum Gasteiger partial charge on any atom is -0.457 e. The number of aryl methyl sites for hydroxylation is 1. The zero-order chi connectivity index (χ0) is 9.80. The van der Waals surface area contributed by atoms with Crippen LogP contribution in [0.3, 0.4) is 0 Å². The van der Waals surface area contributed by atoms with Crippen molar-refractivity contribution in [2.75, 3.05) is 0 Å². The molecule has 0 atom stereocenters. The normalized spacial score (nSPS) is 10.1. The van der Waals surface area contributed by atoms with Gasteiger partial charge in [-0.1, -0.05) is 19.1 Å². The second-order valence-corrected chi connectivity index (χ2v) is 3.84. The van der Waals surface area contributed by atoms with Gasteiger partial charge < -0.3 is 4.74 Å². The molecule has 72 valence electrons. The summed E-state index contributed by atoms with van der Waals surface area (Å²) >= 11 is 1.64.